The van der Waals surface area contributed by atoms with Crippen LogP contribution in [0.3, 0.4) is 0 Å². The summed E-state index contributed by atoms with van der Waals surface area (Å²) in [5.74, 6) is -0.288. The Labute approximate surface area is 115 Å². The number of aryl methyl sites for hydroxylation is 1. The van der Waals surface area contributed by atoms with Crippen molar-refractivity contribution >= 4 is 28.8 Å². The van der Waals surface area contributed by atoms with Gasteiger partial charge < -0.3 is 11.1 Å². The predicted octanol–water partition coefficient (Wildman–Crippen LogP) is 1.67. The highest BCUT2D eigenvalue weighted by atomic mass is 32.1. The van der Waals surface area contributed by atoms with Crippen LogP contribution in [0.25, 0.3) is 0 Å². The number of pyridine rings is 2. The van der Waals surface area contributed by atoms with Crippen LogP contribution in [0.15, 0.2) is 36.8 Å². The van der Waals surface area contributed by atoms with Gasteiger partial charge in [-0.05, 0) is 30.7 Å². The third kappa shape index (κ3) is 3.11. The molecule has 3 N–H and O–H groups in total. The molecule has 2 rings (SSSR count). The van der Waals surface area contributed by atoms with Gasteiger partial charge in [-0.3, -0.25) is 14.8 Å². The number of hydrogen-bond acceptors (Lipinski definition) is 4. The summed E-state index contributed by atoms with van der Waals surface area (Å²) in [6, 6.07) is 4.99. The fraction of sp³-hybridized carbons (Fsp3) is 0.0769. The average molecular weight is 272 g/mol. The van der Waals surface area contributed by atoms with Gasteiger partial charge in [0.05, 0.1) is 0 Å². The zero-order valence-electron chi connectivity index (χ0n) is 10.3. The molecule has 2 heterocycles. The molecule has 0 radical (unpaired) electrons. The van der Waals surface area contributed by atoms with Gasteiger partial charge in [-0.1, -0.05) is 12.2 Å². The summed E-state index contributed by atoms with van der Waals surface area (Å²) < 4.78 is 0. The Morgan fingerprint density at radius 3 is 2.68 bits per heavy atom. The molecule has 96 valence electrons. The fourth-order valence-corrected chi connectivity index (χ4v) is 1.59. The van der Waals surface area contributed by atoms with Crippen LogP contribution in [-0.4, -0.2) is 20.9 Å². The molecule has 0 aromatic carbocycles. The van der Waals surface area contributed by atoms with Crippen molar-refractivity contribution in [2.24, 2.45) is 5.73 Å². The van der Waals surface area contributed by atoms with Crippen LogP contribution in [0, 0.1) is 6.92 Å². The van der Waals surface area contributed by atoms with E-state index in [0.29, 0.717) is 16.9 Å². The van der Waals surface area contributed by atoms with Crippen LogP contribution < -0.4 is 11.1 Å². The van der Waals surface area contributed by atoms with E-state index in [2.05, 4.69) is 15.3 Å². The van der Waals surface area contributed by atoms with Crippen molar-refractivity contribution in [2.75, 3.05) is 5.32 Å². The molecule has 19 heavy (non-hydrogen) atoms. The number of thiocarbonyl (C=S) groups is 1. The Hall–Kier alpha value is -2.34. The number of anilines is 1. The Bertz CT molecular complexity index is 625. The minimum Gasteiger partial charge on any atom is -0.389 e. The lowest BCUT2D eigenvalue weighted by atomic mass is 10.2. The lowest BCUT2D eigenvalue weighted by Crippen LogP contribution is -2.16. The number of nitrogens with one attached hydrogen (secondary N) is 1. The van der Waals surface area contributed by atoms with Gasteiger partial charge in [-0.15, -0.1) is 0 Å². The van der Waals surface area contributed by atoms with E-state index in [1.54, 1.807) is 30.6 Å². The molecular weight excluding hydrogens is 260 g/mol. The zero-order chi connectivity index (χ0) is 13.8. The molecule has 6 heteroatoms. The molecule has 0 atom stereocenters. The number of carbonyl (C=O) groups excluding carboxylic acids is 1. The monoisotopic (exact) mass is 272 g/mol. The van der Waals surface area contributed by atoms with E-state index in [-0.39, 0.29) is 10.9 Å². The summed E-state index contributed by atoms with van der Waals surface area (Å²) in [6.07, 6.45) is 4.78. The second-order valence-electron chi connectivity index (χ2n) is 3.94. The van der Waals surface area contributed by atoms with Gasteiger partial charge in [0, 0.05) is 29.8 Å². The van der Waals surface area contributed by atoms with Crippen molar-refractivity contribution in [3.05, 3.63) is 53.6 Å². The number of nitrogens with two attached hydrogens (primary N) is 1. The largest absolute Gasteiger partial charge is 0.389 e. The molecule has 0 saturated heterocycles. The number of nitrogens with zero attached hydrogens (tertiary/aromatic N) is 2. The zero-order valence-corrected chi connectivity index (χ0v) is 11.1. The molecule has 0 saturated carbocycles. The van der Waals surface area contributed by atoms with Crippen molar-refractivity contribution in [3.63, 3.8) is 0 Å². The van der Waals surface area contributed by atoms with Gasteiger partial charge in [0.1, 0.15) is 10.7 Å². The first-order chi connectivity index (χ1) is 9.08. The lowest BCUT2D eigenvalue weighted by molar-refractivity contribution is 0.102. The minimum absolute atomic E-state index is 0.254. The highest BCUT2D eigenvalue weighted by Crippen LogP contribution is 2.12. The summed E-state index contributed by atoms with van der Waals surface area (Å²) in [6.45, 7) is 1.87. The van der Waals surface area contributed by atoms with E-state index in [1.807, 2.05) is 6.92 Å². The first-order valence-corrected chi connectivity index (χ1v) is 5.96. The summed E-state index contributed by atoms with van der Waals surface area (Å²) in [4.78, 5) is 20.2. The lowest BCUT2D eigenvalue weighted by Gasteiger charge is -2.07. The SMILES string of the molecule is Cc1cnccc1NC(=O)c1ccc(C(N)=S)cn1. The Morgan fingerprint density at radius 2 is 2.11 bits per heavy atom. The van der Waals surface area contributed by atoms with Crippen molar-refractivity contribution in [1.82, 2.24) is 9.97 Å². The Morgan fingerprint density at radius 1 is 1.32 bits per heavy atom. The van der Waals surface area contributed by atoms with Crippen LogP contribution in [0.2, 0.25) is 0 Å². The van der Waals surface area contributed by atoms with Gasteiger partial charge in [0.2, 0.25) is 0 Å². The summed E-state index contributed by atoms with van der Waals surface area (Å²) in [7, 11) is 0. The van der Waals surface area contributed by atoms with E-state index in [4.69, 9.17) is 18.0 Å². The standard InChI is InChI=1S/C13H12N4OS/c1-8-6-15-5-4-10(8)17-13(18)11-3-2-9(7-16-11)12(14)19/h2-7H,1H3,(H2,14,19)(H,15,17,18). The second-order valence-corrected chi connectivity index (χ2v) is 4.38. The normalized spacial score (nSPS) is 9.95. The topological polar surface area (TPSA) is 80.9 Å². The van der Waals surface area contributed by atoms with Gasteiger partial charge in [-0.2, -0.15) is 0 Å². The molecule has 0 spiro atoms. The second kappa shape index (κ2) is 5.53. The first-order valence-electron chi connectivity index (χ1n) is 5.56. The fourth-order valence-electron chi connectivity index (χ4n) is 1.47. The minimum atomic E-state index is -0.288. The van der Waals surface area contributed by atoms with Crippen LogP contribution >= 0.6 is 12.2 Å². The highest BCUT2D eigenvalue weighted by Gasteiger charge is 2.09. The van der Waals surface area contributed by atoms with E-state index in [9.17, 15) is 4.79 Å². The van der Waals surface area contributed by atoms with Crippen LogP contribution in [-0.2, 0) is 0 Å². The molecule has 0 aliphatic heterocycles. The Balaban J connectivity index is 2.16. The molecule has 0 fully saturated rings. The van der Waals surface area contributed by atoms with Crippen LogP contribution in [0.5, 0.6) is 0 Å². The van der Waals surface area contributed by atoms with Gasteiger partial charge in [0.25, 0.3) is 5.91 Å². The Kier molecular flexibility index (Phi) is 3.82. The average Bonchev–Trinajstić information content (AvgIpc) is 2.41. The molecule has 0 bridgehead atoms. The third-order valence-electron chi connectivity index (χ3n) is 2.55. The van der Waals surface area contributed by atoms with Crippen molar-refractivity contribution in [3.8, 4) is 0 Å². The molecule has 2 aromatic heterocycles. The number of amides is 1. The molecule has 2 aromatic rings. The molecular formula is C13H12N4OS. The maximum absolute atomic E-state index is 12.0. The molecule has 0 unspecified atom stereocenters. The van der Waals surface area contributed by atoms with E-state index in [1.165, 1.54) is 6.20 Å². The van der Waals surface area contributed by atoms with Gasteiger partial charge in [0.15, 0.2) is 0 Å². The predicted molar refractivity (Wildman–Crippen MR) is 77.1 cm³/mol. The smallest absolute Gasteiger partial charge is 0.274 e. The number of aromatic nitrogens is 2. The summed E-state index contributed by atoms with van der Waals surface area (Å²) >= 11 is 4.82. The van der Waals surface area contributed by atoms with Crippen molar-refractivity contribution in [1.29, 1.82) is 0 Å². The van der Waals surface area contributed by atoms with Crippen molar-refractivity contribution < 1.29 is 4.79 Å². The highest BCUT2D eigenvalue weighted by molar-refractivity contribution is 7.80. The van der Waals surface area contributed by atoms with Gasteiger partial charge >= 0.3 is 0 Å². The molecule has 0 aliphatic carbocycles. The molecule has 1 amide bonds. The number of carbonyl (C=O) groups is 1. The van der Waals surface area contributed by atoms with Crippen molar-refractivity contribution in [2.45, 2.75) is 6.92 Å². The van der Waals surface area contributed by atoms with Crippen LogP contribution in [0.4, 0.5) is 5.69 Å². The summed E-state index contributed by atoms with van der Waals surface area (Å²) in [5, 5.41) is 2.77. The number of hydrogen-bond donors (Lipinski definition) is 2. The van der Waals surface area contributed by atoms with E-state index >= 15 is 0 Å². The third-order valence-corrected chi connectivity index (χ3v) is 2.78. The molecule has 0 aliphatic rings. The molecule has 5 nitrogen and oxygen atoms in total. The van der Waals surface area contributed by atoms with E-state index in [0.717, 1.165) is 5.56 Å². The van der Waals surface area contributed by atoms with E-state index < -0.39 is 0 Å². The maximum atomic E-state index is 12.0. The quantitative estimate of drug-likeness (QED) is 0.831. The van der Waals surface area contributed by atoms with Gasteiger partial charge in [-0.25, -0.2) is 0 Å². The first kappa shape index (κ1) is 13.1. The summed E-state index contributed by atoms with van der Waals surface area (Å²) in [5.41, 5.74) is 7.99. The maximum Gasteiger partial charge on any atom is 0.274 e. The number of rotatable bonds is 3. The van der Waals surface area contributed by atoms with Crippen LogP contribution in [0.1, 0.15) is 21.6 Å².